The lowest BCUT2D eigenvalue weighted by Crippen LogP contribution is -2.26. The van der Waals surface area contributed by atoms with Gasteiger partial charge in [-0.2, -0.15) is 4.98 Å². The van der Waals surface area contributed by atoms with Crippen molar-refractivity contribution in [1.29, 1.82) is 0 Å². The molecule has 106 valence electrons. The third-order valence-corrected chi connectivity index (χ3v) is 2.86. The maximum atomic E-state index is 12.0. The Morgan fingerprint density at radius 2 is 2.30 bits per heavy atom. The summed E-state index contributed by atoms with van der Waals surface area (Å²) in [6, 6.07) is 1.59. The highest BCUT2D eigenvalue weighted by atomic mass is 35.5. The van der Waals surface area contributed by atoms with E-state index in [4.69, 9.17) is 16.1 Å². The number of hydrogen-bond acceptors (Lipinski definition) is 6. The summed E-state index contributed by atoms with van der Waals surface area (Å²) in [6.45, 7) is 2.11. The topological polar surface area (TPSA) is 92.9 Å². The molecule has 2 heterocycles. The van der Waals surface area contributed by atoms with Crippen molar-refractivity contribution in [1.82, 2.24) is 20.4 Å². The van der Waals surface area contributed by atoms with Crippen molar-refractivity contribution in [3.05, 3.63) is 34.6 Å². The maximum absolute atomic E-state index is 12.0. The van der Waals surface area contributed by atoms with E-state index in [1.165, 1.54) is 6.20 Å². The minimum atomic E-state index is -0.269. The van der Waals surface area contributed by atoms with Crippen molar-refractivity contribution in [2.75, 3.05) is 18.9 Å². The molecule has 20 heavy (non-hydrogen) atoms. The molecule has 0 unspecified atom stereocenters. The van der Waals surface area contributed by atoms with Crippen LogP contribution < -0.4 is 10.6 Å². The largest absolute Gasteiger partial charge is 0.373 e. The minimum Gasteiger partial charge on any atom is -0.373 e. The van der Waals surface area contributed by atoms with E-state index in [0.29, 0.717) is 41.1 Å². The van der Waals surface area contributed by atoms with Gasteiger partial charge in [-0.05, 0) is 6.07 Å². The van der Waals surface area contributed by atoms with Crippen LogP contribution in [0.4, 0.5) is 5.82 Å². The molecule has 0 radical (unpaired) electrons. The summed E-state index contributed by atoms with van der Waals surface area (Å²) in [5.74, 6) is 1.36. The number of rotatable bonds is 5. The number of anilines is 1. The Kier molecular flexibility index (Phi) is 4.52. The smallest absolute Gasteiger partial charge is 0.253 e. The van der Waals surface area contributed by atoms with Crippen molar-refractivity contribution >= 4 is 23.3 Å². The lowest BCUT2D eigenvalue weighted by Gasteiger charge is -2.07. The highest BCUT2D eigenvalue weighted by Gasteiger charge is 2.12. The second-order valence-corrected chi connectivity index (χ2v) is 4.44. The number of aromatic nitrogens is 3. The lowest BCUT2D eigenvalue weighted by molar-refractivity contribution is 0.0954. The Morgan fingerprint density at radius 1 is 1.50 bits per heavy atom. The molecule has 2 aromatic rings. The normalized spacial score (nSPS) is 10.3. The first-order valence-corrected chi connectivity index (χ1v) is 6.38. The fourth-order valence-corrected chi connectivity index (χ4v) is 1.76. The predicted octanol–water partition coefficient (Wildman–Crippen LogP) is 1.44. The summed E-state index contributed by atoms with van der Waals surface area (Å²) in [7, 11) is 1.72. The Morgan fingerprint density at radius 3 is 2.95 bits per heavy atom. The van der Waals surface area contributed by atoms with E-state index in [0.717, 1.165) is 0 Å². The zero-order chi connectivity index (χ0) is 14.5. The average Bonchev–Trinajstić information content (AvgIpc) is 2.85. The molecule has 7 nitrogen and oxygen atoms in total. The van der Waals surface area contributed by atoms with E-state index >= 15 is 0 Å². The van der Waals surface area contributed by atoms with E-state index in [1.807, 2.05) is 0 Å². The van der Waals surface area contributed by atoms with Gasteiger partial charge in [0.05, 0.1) is 10.6 Å². The van der Waals surface area contributed by atoms with Crippen molar-refractivity contribution < 1.29 is 9.32 Å². The Labute approximate surface area is 120 Å². The van der Waals surface area contributed by atoms with Crippen molar-refractivity contribution in [2.45, 2.75) is 13.3 Å². The van der Waals surface area contributed by atoms with Gasteiger partial charge in [-0.25, -0.2) is 4.98 Å². The van der Waals surface area contributed by atoms with Gasteiger partial charge in [-0.3, -0.25) is 4.79 Å². The highest BCUT2D eigenvalue weighted by molar-refractivity contribution is 6.33. The summed E-state index contributed by atoms with van der Waals surface area (Å²) in [5.41, 5.74) is 0.371. The molecule has 2 N–H and O–H groups in total. The van der Waals surface area contributed by atoms with Gasteiger partial charge < -0.3 is 15.2 Å². The first-order chi connectivity index (χ1) is 9.60. The van der Waals surface area contributed by atoms with Gasteiger partial charge in [0.1, 0.15) is 5.82 Å². The van der Waals surface area contributed by atoms with Gasteiger partial charge in [0.15, 0.2) is 5.82 Å². The summed E-state index contributed by atoms with van der Waals surface area (Å²) >= 11 is 5.96. The molecule has 8 heteroatoms. The minimum absolute atomic E-state index is 0.269. The van der Waals surface area contributed by atoms with Crippen LogP contribution in [-0.2, 0) is 6.42 Å². The van der Waals surface area contributed by atoms with Gasteiger partial charge in [0, 0.05) is 33.1 Å². The molecule has 2 aromatic heterocycles. The fraction of sp³-hybridized carbons (Fsp3) is 0.333. The molecule has 0 saturated carbocycles. The Balaban J connectivity index is 1.94. The first-order valence-electron chi connectivity index (χ1n) is 6.01. The van der Waals surface area contributed by atoms with Gasteiger partial charge in [0.25, 0.3) is 5.91 Å². The van der Waals surface area contributed by atoms with Gasteiger partial charge in [-0.1, -0.05) is 16.8 Å². The van der Waals surface area contributed by atoms with E-state index in [9.17, 15) is 4.79 Å². The monoisotopic (exact) mass is 295 g/mol. The van der Waals surface area contributed by atoms with E-state index in [-0.39, 0.29) is 5.91 Å². The van der Waals surface area contributed by atoms with Crippen LogP contribution in [0.5, 0.6) is 0 Å². The van der Waals surface area contributed by atoms with Gasteiger partial charge in [-0.15, -0.1) is 0 Å². The Hall–Kier alpha value is -2.15. The number of carbonyl (C=O) groups excluding carboxylic acids is 1. The molecule has 0 aliphatic heterocycles. The van der Waals surface area contributed by atoms with E-state index in [1.54, 1.807) is 20.0 Å². The van der Waals surface area contributed by atoms with Crippen molar-refractivity contribution in [2.24, 2.45) is 0 Å². The summed E-state index contributed by atoms with van der Waals surface area (Å²) in [4.78, 5) is 20.1. The lowest BCUT2D eigenvalue weighted by atomic mass is 10.2. The van der Waals surface area contributed by atoms with Gasteiger partial charge >= 0.3 is 0 Å². The average molecular weight is 296 g/mol. The third kappa shape index (κ3) is 3.45. The second kappa shape index (κ2) is 6.33. The fourth-order valence-electron chi connectivity index (χ4n) is 1.58. The number of aryl methyl sites for hydroxylation is 1. The second-order valence-electron chi connectivity index (χ2n) is 4.03. The van der Waals surface area contributed by atoms with Crippen molar-refractivity contribution in [3.63, 3.8) is 0 Å². The van der Waals surface area contributed by atoms with Gasteiger partial charge in [0.2, 0.25) is 5.89 Å². The van der Waals surface area contributed by atoms with Crippen molar-refractivity contribution in [3.8, 4) is 0 Å². The van der Waals surface area contributed by atoms with Crippen LogP contribution in [0.15, 0.2) is 16.8 Å². The molecule has 0 aliphatic rings. The summed E-state index contributed by atoms with van der Waals surface area (Å²) in [5, 5.41) is 9.65. The molecule has 0 atom stereocenters. The number of hydrogen-bond donors (Lipinski definition) is 2. The van der Waals surface area contributed by atoms with Crippen LogP contribution in [0.3, 0.4) is 0 Å². The number of nitrogens with one attached hydrogen (secondary N) is 2. The molecule has 0 fully saturated rings. The number of amides is 1. The molecule has 0 bridgehead atoms. The van der Waals surface area contributed by atoms with Crippen LogP contribution in [0.25, 0.3) is 0 Å². The molecule has 0 spiro atoms. The summed E-state index contributed by atoms with van der Waals surface area (Å²) < 4.78 is 4.84. The SMILES string of the molecule is CNc1cc(C(=O)NCCc2noc(C)n2)c(Cl)cn1. The van der Waals surface area contributed by atoms with Crippen LogP contribution in [0.1, 0.15) is 22.1 Å². The number of carbonyl (C=O) groups is 1. The first kappa shape index (κ1) is 14.3. The van der Waals surface area contributed by atoms with Crippen LogP contribution in [-0.4, -0.2) is 34.6 Å². The Bertz CT molecular complexity index is 614. The standard InChI is InChI=1S/C12H14ClN5O2/c1-7-17-10(18-20-7)3-4-15-12(19)8-5-11(14-2)16-6-9(8)13/h5-6H,3-4H2,1-2H3,(H,14,16)(H,15,19). The maximum Gasteiger partial charge on any atom is 0.253 e. The van der Waals surface area contributed by atoms with Crippen LogP contribution in [0.2, 0.25) is 5.02 Å². The zero-order valence-electron chi connectivity index (χ0n) is 11.1. The molecule has 0 aliphatic carbocycles. The number of halogens is 1. The molecular formula is C12H14ClN5O2. The third-order valence-electron chi connectivity index (χ3n) is 2.56. The van der Waals surface area contributed by atoms with E-state index < -0.39 is 0 Å². The highest BCUT2D eigenvalue weighted by Crippen LogP contribution is 2.17. The number of pyridine rings is 1. The molecule has 0 saturated heterocycles. The quantitative estimate of drug-likeness (QED) is 0.867. The van der Waals surface area contributed by atoms with Crippen LogP contribution >= 0.6 is 11.6 Å². The molecule has 0 aromatic carbocycles. The zero-order valence-corrected chi connectivity index (χ0v) is 11.9. The van der Waals surface area contributed by atoms with Crippen LogP contribution in [0, 0.1) is 6.92 Å². The molecule has 2 rings (SSSR count). The molecule has 1 amide bonds. The molecular weight excluding hydrogens is 282 g/mol. The summed E-state index contributed by atoms with van der Waals surface area (Å²) in [6.07, 6.45) is 1.93. The number of nitrogens with zero attached hydrogens (tertiary/aromatic N) is 3. The van der Waals surface area contributed by atoms with E-state index in [2.05, 4.69) is 25.8 Å². The predicted molar refractivity (Wildman–Crippen MR) is 73.9 cm³/mol.